The number of hydrogen-bond donors (Lipinski definition) is 0. The molecule has 2 aromatic heterocycles. The first-order chi connectivity index (χ1) is 12.7. The summed E-state index contributed by atoms with van der Waals surface area (Å²) in [5.41, 5.74) is 2.25. The Morgan fingerprint density at radius 1 is 1.00 bits per heavy atom. The minimum Gasteiger partial charge on any atom is -0.338 e. The van der Waals surface area contributed by atoms with E-state index in [1.807, 2.05) is 35.0 Å². The van der Waals surface area contributed by atoms with Crippen molar-refractivity contribution in [1.82, 2.24) is 24.6 Å². The number of likely N-dealkylation sites (tertiary alicyclic amines) is 2. The third-order valence-electron chi connectivity index (χ3n) is 6.07. The lowest BCUT2D eigenvalue weighted by molar-refractivity contribution is -0.137. The summed E-state index contributed by atoms with van der Waals surface area (Å²) in [5.74, 6) is 0.358. The Labute approximate surface area is 154 Å². The van der Waals surface area contributed by atoms with Crippen molar-refractivity contribution in [3.05, 3.63) is 48.0 Å². The first-order valence-corrected chi connectivity index (χ1v) is 9.54. The number of amides is 1. The van der Waals surface area contributed by atoms with Crippen LogP contribution in [0.3, 0.4) is 0 Å². The van der Waals surface area contributed by atoms with Crippen LogP contribution in [0.25, 0.3) is 0 Å². The van der Waals surface area contributed by atoms with E-state index in [0.717, 1.165) is 57.4 Å². The fourth-order valence-electron chi connectivity index (χ4n) is 4.41. The van der Waals surface area contributed by atoms with Crippen molar-refractivity contribution in [3.8, 4) is 0 Å². The maximum Gasteiger partial charge on any atom is 0.229 e. The van der Waals surface area contributed by atoms with Gasteiger partial charge in [-0.05, 0) is 62.5 Å². The van der Waals surface area contributed by atoms with Gasteiger partial charge in [0.05, 0.1) is 11.1 Å². The fraction of sp³-hybridized carbons (Fsp3) is 0.550. The zero-order valence-electron chi connectivity index (χ0n) is 15.5. The Kier molecular flexibility index (Phi) is 4.76. The van der Waals surface area contributed by atoms with Crippen molar-refractivity contribution in [2.45, 2.75) is 38.8 Å². The minimum absolute atomic E-state index is 0.145. The van der Waals surface area contributed by atoms with Crippen LogP contribution >= 0.6 is 0 Å². The Bertz CT molecular complexity index is 759. The lowest BCUT2D eigenvalue weighted by Gasteiger charge is -2.27. The predicted octanol–water partition coefficient (Wildman–Crippen LogP) is 2.22. The molecule has 1 atom stereocenters. The van der Waals surface area contributed by atoms with E-state index in [2.05, 4.69) is 21.0 Å². The molecule has 4 rings (SSSR count). The number of aryl methyl sites for hydroxylation is 1. The number of nitrogens with zero attached hydrogens (tertiary/aromatic N) is 5. The number of hydrogen-bond acceptors (Lipinski definition) is 4. The summed E-state index contributed by atoms with van der Waals surface area (Å²) < 4.78 is 1.94. The van der Waals surface area contributed by atoms with Crippen molar-refractivity contribution < 1.29 is 4.79 Å². The van der Waals surface area contributed by atoms with Gasteiger partial charge in [-0.1, -0.05) is 0 Å². The summed E-state index contributed by atoms with van der Waals surface area (Å²) in [5, 5.41) is 4.26. The topological polar surface area (TPSA) is 54.3 Å². The smallest absolute Gasteiger partial charge is 0.229 e. The maximum atomic E-state index is 13.2. The van der Waals surface area contributed by atoms with E-state index in [1.54, 1.807) is 12.4 Å². The summed E-state index contributed by atoms with van der Waals surface area (Å²) in [7, 11) is 1.99. The zero-order valence-corrected chi connectivity index (χ0v) is 15.5. The summed E-state index contributed by atoms with van der Waals surface area (Å²) in [6.07, 6.45) is 9.52. The highest BCUT2D eigenvalue weighted by atomic mass is 16.2. The highest BCUT2D eigenvalue weighted by Gasteiger charge is 2.46. The monoisotopic (exact) mass is 353 g/mol. The molecule has 2 aliphatic heterocycles. The van der Waals surface area contributed by atoms with Crippen LogP contribution < -0.4 is 0 Å². The SMILES string of the molecule is Cn1nccc1CN1CCCC2(CC1)CCN(Cc1ccncc1)C2=O. The van der Waals surface area contributed by atoms with E-state index in [0.29, 0.717) is 12.5 Å². The minimum atomic E-state index is -0.145. The molecule has 138 valence electrons. The van der Waals surface area contributed by atoms with Crippen LogP contribution in [-0.2, 0) is 24.9 Å². The molecular weight excluding hydrogens is 326 g/mol. The second kappa shape index (κ2) is 7.19. The average Bonchev–Trinajstić information content (AvgIpc) is 3.10. The van der Waals surface area contributed by atoms with Crippen LogP contribution in [0.5, 0.6) is 0 Å². The van der Waals surface area contributed by atoms with Crippen LogP contribution in [0, 0.1) is 5.41 Å². The lowest BCUT2D eigenvalue weighted by Crippen LogP contribution is -2.35. The second-order valence-corrected chi connectivity index (χ2v) is 7.69. The van der Waals surface area contributed by atoms with Crippen LogP contribution in [0.15, 0.2) is 36.8 Å². The van der Waals surface area contributed by atoms with Gasteiger partial charge in [0.1, 0.15) is 0 Å². The standard InChI is InChI=1S/C20H27N5O/c1-23-18(5-11-22-23)16-24-12-2-6-20(7-13-24)8-14-25(19(20)26)15-17-3-9-21-10-4-17/h3-5,9-11H,2,6-8,12-16H2,1H3. The highest BCUT2D eigenvalue weighted by Crippen LogP contribution is 2.42. The molecule has 6 nitrogen and oxygen atoms in total. The molecular formula is C20H27N5O. The van der Waals surface area contributed by atoms with Crippen molar-refractivity contribution in [3.63, 3.8) is 0 Å². The van der Waals surface area contributed by atoms with E-state index >= 15 is 0 Å². The van der Waals surface area contributed by atoms with E-state index in [9.17, 15) is 4.79 Å². The lowest BCUT2D eigenvalue weighted by atomic mass is 9.79. The molecule has 2 aromatic rings. The molecule has 1 spiro atoms. The first-order valence-electron chi connectivity index (χ1n) is 9.54. The molecule has 2 saturated heterocycles. The van der Waals surface area contributed by atoms with E-state index in [4.69, 9.17) is 0 Å². The first kappa shape index (κ1) is 17.2. The van der Waals surface area contributed by atoms with Gasteiger partial charge in [0, 0.05) is 45.3 Å². The van der Waals surface area contributed by atoms with E-state index in [-0.39, 0.29) is 5.41 Å². The molecule has 0 radical (unpaired) electrons. The number of pyridine rings is 1. The Balaban J connectivity index is 1.40. The van der Waals surface area contributed by atoms with Crippen molar-refractivity contribution in [2.75, 3.05) is 19.6 Å². The summed E-state index contributed by atoms with van der Waals surface area (Å²) in [6, 6.07) is 6.08. The Morgan fingerprint density at radius 3 is 2.58 bits per heavy atom. The number of carbonyl (C=O) groups is 1. The van der Waals surface area contributed by atoms with Gasteiger partial charge in [-0.3, -0.25) is 19.4 Å². The van der Waals surface area contributed by atoms with Crippen molar-refractivity contribution >= 4 is 5.91 Å². The predicted molar refractivity (Wildman–Crippen MR) is 99.0 cm³/mol. The molecule has 0 bridgehead atoms. The van der Waals surface area contributed by atoms with Gasteiger partial charge in [0.15, 0.2) is 0 Å². The molecule has 0 N–H and O–H groups in total. The number of aromatic nitrogens is 3. The van der Waals surface area contributed by atoms with Crippen molar-refractivity contribution in [1.29, 1.82) is 0 Å². The summed E-state index contributed by atoms with van der Waals surface area (Å²) in [4.78, 5) is 21.8. The molecule has 6 heteroatoms. The van der Waals surface area contributed by atoms with Gasteiger partial charge >= 0.3 is 0 Å². The van der Waals surface area contributed by atoms with E-state index < -0.39 is 0 Å². The summed E-state index contributed by atoms with van der Waals surface area (Å²) >= 11 is 0. The summed E-state index contributed by atoms with van der Waals surface area (Å²) in [6.45, 7) is 4.55. The molecule has 2 fully saturated rings. The average molecular weight is 353 g/mol. The molecule has 1 unspecified atom stereocenters. The van der Waals surface area contributed by atoms with Crippen molar-refractivity contribution in [2.24, 2.45) is 12.5 Å². The van der Waals surface area contributed by atoms with Crippen LogP contribution in [0.4, 0.5) is 0 Å². The normalized spacial score (nSPS) is 24.3. The molecule has 4 heterocycles. The largest absolute Gasteiger partial charge is 0.338 e. The molecule has 0 aliphatic carbocycles. The van der Waals surface area contributed by atoms with Crippen LogP contribution in [0.1, 0.15) is 36.9 Å². The number of carbonyl (C=O) groups excluding carboxylic acids is 1. The number of rotatable bonds is 4. The third-order valence-corrected chi connectivity index (χ3v) is 6.07. The van der Waals surface area contributed by atoms with Gasteiger partial charge in [0.25, 0.3) is 0 Å². The second-order valence-electron chi connectivity index (χ2n) is 7.69. The Morgan fingerprint density at radius 2 is 1.81 bits per heavy atom. The Hall–Kier alpha value is -2.21. The van der Waals surface area contributed by atoms with Gasteiger partial charge in [-0.2, -0.15) is 5.10 Å². The fourth-order valence-corrected chi connectivity index (χ4v) is 4.41. The van der Waals surface area contributed by atoms with Gasteiger partial charge in [0.2, 0.25) is 5.91 Å². The molecule has 0 saturated carbocycles. The molecule has 0 aromatic carbocycles. The van der Waals surface area contributed by atoms with Gasteiger partial charge < -0.3 is 4.90 Å². The van der Waals surface area contributed by atoms with E-state index in [1.165, 1.54) is 5.69 Å². The van der Waals surface area contributed by atoms with Gasteiger partial charge in [-0.25, -0.2) is 0 Å². The quantitative estimate of drug-likeness (QED) is 0.846. The highest BCUT2D eigenvalue weighted by molar-refractivity contribution is 5.84. The zero-order chi connectivity index (χ0) is 18.0. The van der Waals surface area contributed by atoms with Crippen LogP contribution in [0.2, 0.25) is 0 Å². The molecule has 26 heavy (non-hydrogen) atoms. The molecule has 2 aliphatic rings. The van der Waals surface area contributed by atoms with Crippen LogP contribution in [-0.4, -0.2) is 50.1 Å². The van der Waals surface area contributed by atoms with Gasteiger partial charge in [-0.15, -0.1) is 0 Å². The molecule has 1 amide bonds. The maximum absolute atomic E-state index is 13.2. The third kappa shape index (κ3) is 3.38.